The Bertz CT molecular complexity index is 1040. The molecule has 3 atom stereocenters. The first-order valence-corrected chi connectivity index (χ1v) is 10.6. The van der Waals surface area contributed by atoms with Gasteiger partial charge in [0.1, 0.15) is 0 Å². The molecule has 3 aromatic rings. The Morgan fingerprint density at radius 2 is 1.93 bits per heavy atom. The van der Waals surface area contributed by atoms with Crippen LogP contribution in [0.2, 0.25) is 0 Å². The maximum absolute atomic E-state index is 13.8. The van der Waals surface area contributed by atoms with Gasteiger partial charge in [0.15, 0.2) is 0 Å². The first kappa shape index (κ1) is 20.9. The van der Waals surface area contributed by atoms with Crippen LogP contribution in [0.4, 0.5) is 0 Å². The Morgan fingerprint density at radius 3 is 2.63 bits per heavy atom. The Hall–Kier alpha value is -2.37. The number of nitrogens with zero attached hydrogens (tertiary/aromatic N) is 3. The van der Waals surface area contributed by atoms with Crippen molar-refractivity contribution < 1.29 is 4.79 Å². The molecule has 0 bridgehead atoms. The smallest absolute Gasteiger partial charge is 0.228 e. The zero-order valence-electron chi connectivity index (χ0n) is 17.5. The van der Waals surface area contributed by atoms with Gasteiger partial charge in [0.05, 0.1) is 18.2 Å². The van der Waals surface area contributed by atoms with Crippen molar-refractivity contribution in [3.05, 3.63) is 66.0 Å². The molecule has 1 saturated carbocycles. The molecule has 1 aliphatic heterocycles. The molecule has 2 aromatic carbocycles. The summed E-state index contributed by atoms with van der Waals surface area (Å²) in [5.41, 5.74) is 2.37. The van der Waals surface area contributed by atoms with Crippen LogP contribution in [0.1, 0.15) is 42.9 Å². The maximum atomic E-state index is 13.8. The zero-order valence-corrected chi connectivity index (χ0v) is 18.3. The highest BCUT2D eigenvalue weighted by molar-refractivity contribution is 5.85. The molecule has 1 aliphatic carbocycles. The fourth-order valence-electron chi connectivity index (χ4n) is 4.78. The molecule has 2 fully saturated rings. The number of halogens is 1. The fraction of sp³-hybridized carbons (Fsp3) is 0.417. The summed E-state index contributed by atoms with van der Waals surface area (Å²) in [4.78, 5) is 15.9. The summed E-state index contributed by atoms with van der Waals surface area (Å²) in [6.45, 7) is 3.76. The van der Waals surface area contributed by atoms with Crippen molar-refractivity contribution in [2.75, 3.05) is 13.1 Å². The van der Waals surface area contributed by atoms with E-state index in [0.717, 1.165) is 31.5 Å². The van der Waals surface area contributed by atoms with Crippen LogP contribution in [0, 0.1) is 5.92 Å². The van der Waals surface area contributed by atoms with Crippen molar-refractivity contribution in [2.45, 2.75) is 37.8 Å². The number of rotatable bonds is 5. The van der Waals surface area contributed by atoms with Crippen LogP contribution in [0.25, 0.3) is 10.8 Å². The minimum absolute atomic E-state index is 0. The predicted octanol–water partition coefficient (Wildman–Crippen LogP) is 4.05. The van der Waals surface area contributed by atoms with E-state index in [9.17, 15) is 4.79 Å². The second-order valence-corrected chi connectivity index (χ2v) is 8.58. The van der Waals surface area contributed by atoms with Gasteiger partial charge in [0.25, 0.3) is 0 Å². The molecule has 6 heteroatoms. The summed E-state index contributed by atoms with van der Waals surface area (Å²) in [5, 5.41) is 10.2. The summed E-state index contributed by atoms with van der Waals surface area (Å²) in [6.07, 6.45) is 6.18. The Labute approximate surface area is 183 Å². The van der Waals surface area contributed by atoms with Crippen LogP contribution in [0.5, 0.6) is 0 Å². The van der Waals surface area contributed by atoms with Gasteiger partial charge in [-0.05, 0) is 47.7 Å². The largest absolute Gasteiger partial charge is 0.333 e. The number of hydrogen-bond donors (Lipinski definition) is 1. The molecule has 5 rings (SSSR count). The number of carbonyl (C=O) groups is 1. The molecule has 1 unspecified atom stereocenters. The zero-order chi connectivity index (χ0) is 20.0. The van der Waals surface area contributed by atoms with Gasteiger partial charge in [0.2, 0.25) is 5.91 Å². The second-order valence-electron chi connectivity index (χ2n) is 8.58. The van der Waals surface area contributed by atoms with Gasteiger partial charge in [-0.1, -0.05) is 36.4 Å². The lowest BCUT2D eigenvalue weighted by molar-refractivity contribution is -0.138. The molecule has 30 heavy (non-hydrogen) atoms. The standard InChI is InChI=1S/C24H28N4O.ClH/c1-16(18-8-7-17-5-3-4-6-19(17)11-18)28(21-9-10-21)24(29)23-14-25-13-22(23)20-12-26-27(2)15-20;/h3-8,11-12,15-16,21-23,25H,9-10,13-14H2,1-2H3;1H/t16?,22-,23+;/m1./s1. The number of benzene rings is 2. The minimum atomic E-state index is -0.0253. The van der Waals surface area contributed by atoms with E-state index in [1.165, 1.54) is 16.3 Å². The first-order chi connectivity index (χ1) is 14.1. The molecule has 0 spiro atoms. The highest BCUT2D eigenvalue weighted by Gasteiger charge is 2.43. The molecule has 2 aliphatic rings. The van der Waals surface area contributed by atoms with Crippen molar-refractivity contribution in [3.63, 3.8) is 0 Å². The van der Waals surface area contributed by atoms with E-state index in [2.05, 4.69) is 64.7 Å². The predicted molar refractivity (Wildman–Crippen MR) is 122 cm³/mol. The molecule has 1 amide bonds. The number of hydrogen-bond acceptors (Lipinski definition) is 3. The van der Waals surface area contributed by atoms with Crippen LogP contribution in [-0.2, 0) is 11.8 Å². The minimum Gasteiger partial charge on any atom is -0.333 e. The highest BCUT2D eigenvalue weighted by atomic mass is 35.5. The third-order valence-corrected chi connectivity index (χ3v) is 6.55. The van der Waals surface area contributed by atoms with Crippen molar-refractivity contribution in [1.82, 2.24) is 20.0 Å². The molecular weight excluding hydrogens is 396 g/mol. The van der Waals surface area contributed by atoms with Gasteiger partial charge < -0.3 is 10.2 Å². The molecule has 5 nitrogen and oxygen atoms in total. The van der Waals surface area contributed by atoms with E-state index < -0.39 is 0 Å². The third-order valence-electron chi connectivity index (χ3n) is 6.55. The lowest BCUT2D eigenvalue weighted by Crippen LogP contribution is -2.41. The molecule has 158 valence electrons. The van der Waals surface area contributed by atoms with E-state index in [1.54, 1.807) is 0 Å². The molecule has 1 aromatic heterocycles. The number of aromatic nitrogens is 2. The topological polar surface area (TPSA) is 50.2 Å². The average molecular weight is 425 g/mol. The molecule has 2 heterocycles. The molecule has 1 N–H and O–H groups in total. The SMILES string of the molecule is CC(c1ccc2ccccc2c1)N(C(=O)[C@H]1CNC[C@@H]1c1cnn(C)c1)C1CC1.Cl. The van der Waals surface area contributed by atoms with E-state index in [0.29, 0.717) is 6.04 Å². The number of aryl methyl sites for hydroxylation is 1. The van der Waals surface area contributed by atoms with Crippen LogP contribution >= 0.6 is 12.4 Å². The Morgan fingerprint density at radius 1 is 1.17 bits per heavy atom. The van der Waals surface area contributed by atoms with Crippen LogP contribution in [0.15, 0.2) is 54.9 Å². The van der Waals surface area contributed by atoms with E-state index in [1.807, 2.05) is 24.1 Å². The fourth-order valence-corrected chi connectivity index (χ4v) is 4.78. The molecule has 0 radical (unpaired) electrons. The lowest BCUT2D eigenvalue weighted by Gasteiger charge is -2.33. The normalized spacial score (nSPS) is 21.9. The number of fused-ring (bicyclic) bond motifs is 1. The summed E-state index contributed by atoms with van der Waals surface area (Å²) >= 11 is 0. The van der Waals surface area contributed by atoms with Crippen LogP contribution in [-0.4, -0.2) is 39.7 Å². The highest BCUT2D eigenvalue weighted by Crippen LogP contribution is 2.39. The summed E-state index contributed by atoms with van der Waals surface area (Å²) in [5.74, 6) is 0.455. The van der Waals surface area contributed by atoms with Crippen LogP contribution < -0.4 is 5.32 Å². The van der Waals surface area contributed by atoms with E-state index >= 15 is 0 Å². The number of nitrogens with one attached hydrogen (secondary N) is 1. The number of amides is 1. The van der Waals surface area contributed by atoms with Gasteiger partial charge in [-0.25, -0.2) is 0 Å². The Balaban J connectivity index is 0.00000218. The first-order valence-electron chi connectivity index (χ1n) is 10.6. The van der Waals surface area contributed by atoms with Crippen molar-refractivity contribution in [1.29, 1.82) is 0 Å². The molecular formula is C24H29ClN4O. The average Bonchev–Trinajstić information content (AvgIpc) is 3.27. The van der Waals surface area contributed by atoms with E-state index in [4.69, 9.17) is 0 Å². The van der Waals surface area contributed by atoms with Gasteiger partial charge in [0, 0.05) is 38.3 Å². The van der Waals surface area contributed by atoms with Gasteiger partial charge in [-0.3, -0.25) is 9.48 Å². The maximum Gasteiger partial charge on any atom is 0.228 e. The molecule has 1 saturated heterocycles. The summed E-state index contributed by atoms with van der Waals surface area (Å²) in [6, 6.07) is 15.5. The summed E-state index contributed by atoms with van der Waals surface area (Å²) < 4.78 is 1.82. The lowest BCUT2D eigenvalue weighted by atomic mass is 9.89. The monoisotopic (exact) mass is 424 g/mol. The quantitative estimate of drug-likeness (QED) is 0.672. The van der Waals surface area contributed by atoms with Gasteiger partial charge >= 0.3 is 0 Å². The summed E-state index contributed by atoms with van der Waals surface area (Å²) in [7, 11) is 1.93. The third kappa shape index (κ3) is 3.84. The van der Waals surface area contributed by atoms with Crippen LogP contribution in [0.3, 0.4) is 0 Å². The van der Waals surface area contributed by atoms with E-state index in [-0.39, 0.29) is 36.2 Å². The van der Waals surface area contributed by atoms with Gasteiger partial charge in [-0.15, -0.1) is 12.4 Å². The van der Waals surface area contributed by atoms with Gasteiger partial charge in [-0.2, -0.15) is 5.10 Å². The van der Waals surface area contributed by atoms with Crippen molar-refractivity contribution in [3.8, 4) is 0 Å². The Kier molecular flexibility index (Phi) is 5.85. The second kappa shape index (κ2) is 8.40. The van der Waals surface area contributed by atoms with Crippen molar-refractivity contribution >= 4 is 29.1 Å². The number of carbonyl (C=O) groups excluding carboxylic acids is 1. The van der Waals surface area contributed by atoms with Crippen molar-refractivity contribution in [2.24, 2.45) is 13.0 Å².